The van der Waals surface area contributed by atoms with Crippen molar-refractivity contribution in [3.8, 4) is 5.75 Å². The molecule has 0 aliphatic rings. The number of thiazole rings is 1. The molecule has 1 heterocycles. The number of carbonyl (C=O) groups excluding carboxylic acids is 1. The van der Waals surface area contributed by atoms with Gasteiger partial charge >= 0.3 is 0 Å². The van der Waals surface area contributed by atoms with Crippen LogP contribution in [-0.4, -0.2) is 35.3 Å². The van der Waals surface area contributed by atoms with Gasteiger partial charge in [0.2, 0.25) is 0 Å². The Balaban J connectivity index is 2.10. The van der Waals surface area contributed by atoms with E-state index < -0.39 is 0 Å². The van der Waals surface area contributed by atoms with E-state index in [1.54, 1.807) is 30.6 Å². The molecule has 0 bridgehead atoms. The molecule has 0 saturated heterocycles. The largest absolute Gasteiger partial charge is 0.497 e. The van der Waals surface area contributed by atoms with Crippen molar-refractivity contribution in [2.75, 3.05) is 24.9 Å². The highest BCUT2D eigenvalue weighted by molar-refractivity contribution is 7.99. The lowest BCUT2D eigenvalue weighted by atomic mass is 10.2. The molecule has 142 valence electrons. The lowest BCUT2D eigenvalue weighted by Gasteiger charge is -2.06. The lowest BCUT2D eigenvalue weighted by Crippen LogP contribution is -2.18. The minimum atomic E-state index is -0.192. The van der Waals surface area contributed by atoms with Gasteiger partial charge in [-0.2, -0.15) is 16.8 Å². The summed E-state index contributed by atoms with van der Waals surface area (Å²) in [6.45, 7) is 2.88. The van der Waals surface area contributed by atoms with E-state index in [0.717, 1.165) is 43.7 Å². The fourth-order valence-corrected chi connectivity index (χ4v) is 4.93. The van der Waals surface area contributed by atoms with Crippen molar-refractivity contribution < 1.29 is 9.53 Å². The number of hydrogen-bond donors (Lipinski definition) is 0. The summed E-state index contributed by atoms with van der Waals surface area (Å²) in [5, 5.41) is 0. The topological polar surface area (TPSA) is 43.6 Å². The molecule has 0 aliphatic heterocycles. The summed E-state index contributed by atoms with van der Waals surface area (Å²) in [5.41, 5.74) is 1.71. The molecular formula is C20H22N2O2S3. The Bertz CT molecular complexity index is 1010. The number of thioether (sulfide) groups is 2. The lowest BCUT2D eigenvalue weighted by molar-refractivity contribution is 0.0995. The summed E-state index contributed by atoms with van der Waals surface area (Å²) < 4.78 is 8.58. The number of aromatic nitrogens is 1. The molecule has 3 rings (SSSR count). The van der Waals surface area contributed by atoms with Gasteiger partial charge < -0.3 is 9.30 Å². The highest BCUT2D eigenvalue weighted by Crippen LogP contribution is 2.25. The third-order valence-electron chi connectivity index (χ3n) is 4.02. The van der Waals surface area contributed by atoms with Crippen molar-refractivity contribution in [1.82, 2.24) is 4.57 Å². The van der Waals surface area contributed by atoms with Gasteiger partial charge in [-0.25, -0.2) is 0 Å². The van der Waals surface area contributed by atoms with Crippen LogP contribution in [0.1, 0.15) is 17.3 Å². The number of amides is 1. The standard InChI is InChI=1S/C20H22N2O2S3/c1-4-26-17-8-6-5-7-15(17)19(23)21-20-22(11-12-25-3)16-13-14(24-2)9-10-18(16)27-20/h5-10,13H,4,11-12H2,1-3H3. The second-order valence-electron chi connectivity index (χ2n) is 5.71. The fourth-order valence-electron chi connectivity index (χ4n) is 2.73. The Morgan fingerprint density at radius 2 is 2.07 bits per heavy atom. The number of nitrogens with zero attached hydrogens (tertiary/aromatic N) is 2. The minimum Gasteiger partial charge on any atom is -0.497 e. The first kappa shape index (κ1) is 20.0. The van der Waals surface area contributed by atoms with Crippen molar-refractivity contribution in [1.29, 1.82) is 0 Å². The van der Waals surface area contributed by atoms with Crippen LogP contribution in [0.25, 0.3) is 10.2 Å². The molecule has 1 amide bonds. The van der Waals surface area contributed by atoms with Gasteiger partial charge in [-0.3, -0.25) is 4.79 Å². The fraction of sp³-hybridized carbons (Fsp3) is 0.300. The van der Waals surface area contributed by atoms with Crippen molar-refractivity contribution in [2.45, 2.75) is 18.4 Å². The maximum Gasteiger partial charge on any atom is 0.280 e. The quantitative estimate of drug-likeness (QED) is 0.511. The molecule has 0 spiro atoms. The number of benzene rings is 2. The Hall–Kier alpha value is -1.70. The Kier molecular flexibility index (Phi) is 7.04. The molecule has 0 N–H and O–H groups in total. The molecular weight excluding hydrogens is 396 g/mol. The number of hydrogen-bond acceptors (Lipinski definition) is 5. The van der Waals surface area contributed by atoms with E-state index in [9.17, 15) is 4.79 Å². The minimum absolute atomic E-state index is 0.192. The summed E-state index contributed by atoms with van der Waals surface area (Å²) in [5.74, 6) is 2.48. The van der Waals surface area contributed by atoms with Crippen LogP contribution in [0.2, 0.25) is 0 Å². The van der Waals surface area contributed by atoms with Gasteiger partial charge in [0.05, 0.1) is 22.9 Å². The maximum atomic E-state index is 12.9. The van der Waals surface area contributed by atoms with E-state index in [4.69, 9.17) is 4.74 Å². The zero-order chi connectivity index (χ0) is 19.2. The van der Waals surface area contributed by atoms with Gasteiger partial charge in [-0.15, -0.1) is 11.8 Å². The Morgan fingerprint density at radius 1 is 1.26 bits per heavy atom. The molecule has 27 heavy (non-hydrogen) atoms. The van der Waals surface area contributed by atoms with E-state index in [-0.39, 0.29) is 5.91 Å². The molecule has 2 aromatic carbocycles. The third kappa shape index (κ3) is 4.59. The van der Waals surface area contributed by atoms with Crippen LogP contribution in [0.5, 0.6) is 5.75 Å². The Labute approximate surface area is 171 Å². The predicted molar refractivity (Wildman–Crippen MR) is 117 cm³/mol. The second-order valence-corrected chi connectivity index (χ2v) is 9.01. The van der Waals surface area contributed by atoms with Crippen molar-refractivity contribution in [3.63, 3.8) is 0 Å². The SMILES string of the molecule is CCSc1ccccc1C(=O)N=c1sc2ccc(OC)cc2n1CCSC. The molecule has 3 aromatic rings. The van der Waals surface area contributed by atoms with Gasteiger partial charge in [0, 0.05) is 23.3 Å². The van der Waals surface area contributed by atoms with Crippen LogP contribution in [-0.2, 0) is 6.54 Å². The van der Waals surface area contributed by atoms with Crippen molar-refractivity contribution >= 4 is 51.0 Å². The summed E-state index contributed by atoms with van der Waals surface area (Å²) in [4.78, 5) is 19.1. The van der Waals surface area contributed by atoms with Crippen LogP contribution in [0.4, 0.5) is 0 Å². The zero-order valence-electron chi connectivity index (χ0n) is 15.6. The first-order chi connectivity index (χ1) is 13.2. The van der Waals surface area contributed by atoms with Gasteiger partial charge in [-0.05, 0) is 36.3 Å². The zero-order valence-corrected chi connectivity index (χ0v) is 18.0. The summed E-state index contributed by atoms with van der Waals surface area (Å²) in [6.07, 6.45) is 2.08. The Morgan fingerprint density at radius 3 is 2.81 bits per heavy atom. The van der Waals surface area contributed by atoms with E-state index in [2.05, 4.69) is 22.7 Å². The van der Waals surface area contributed by atoms with Gasteiger partial charge in [0.1, 0.15) is 5.75 Å². The highest BCUT2D eigenvalue weighted by atomic mass is 32.2. The van der Waals surface area contributed by atoms with Crippen LogP contribution in [0, 0.1) is 0 Å². The van der Waals surface area contributed by atoms with Crippen LogP contribution < -0.4 is 9.54 Å². The van der Waals surface area contributed by atoms with Crippen LogP contribution >= 0.6 is 34.9 Å². The molecule has 0 unspecified atom stereocenters. The first-order valence-electron chi connectivity index (χ1n) is 8.65. The van der Waals surface area contributed by atoms with Gasteiger partial charge in [-0.1, -0.05) is 30.4 Å². The average Bonchev–Trinajstić information content (AvgIpc) is 3.02. The monoisotopic (exact) mass is 418 g/mol. The maximum absolute atomic E-state index is 12.9. The van der Waals surface area contributed by atoms with E-state index in [1.807, 2.05) is 42.5 Å². The summed E-state index contributed by atoms with van der Waals surface area (Å²) in [6, 6.07) is 13.7. The van der Waals surface area contributed by atoms with E-state index in [1.165, 1.54) is 11.3 Å². The predicted octanol–water partition coefficient (Wildman–Crippen LogP) is 4.93. The number of aryl methyl sites for hydroxylation is 1. The molecule has 1 aromatic heterocycles. The number of rotatable bonds is 7. The normalized spacial score (nSPS) is 11.9. The average molecular weight is 419 g/mol. The molecule has 4 nitrogen and oxygen atoms in total. The second kappa shape index (κ2) is 9.48. The smallest absolute Gasteiger partial charge is 0.280 e. The molecule has 0 fully saturated rings. The van der Waals surface area contributed by atoms with Gasteiger partial charge in [0.25, 0.3) is 5.91 Å². The van der Waals surface area contributed by atoms with Crippen LogP contribution in [0.3, 0.4) is 0 Å². The number of fused-ring (bicyclic) bond motifs is 1. The molecule has 0 aliphatic carbocycles. The van der Waals surface area contributed by atoms with Crippen LogP contribution in [0.15, 0.2) is 52.4 Å². The molecule has 0 radical (unpaired) electrons. The van der Waals surface area contributed by atoms with E-state index >= 15 is 0 Å². The molecule has 7 heteroatoms. The first-order valence-corrected chi connectivity index (χ1v) is 11.8. The number of methoxy groups -OCH3 is 1. The highest BCUT2D eigenvalue weighted by Gasteiger charge is 2.13. The number of ether oxygens (including phenoxy) is 1. The third-order valence-corrected chi connectivity index (χ3v) is 6.63. The molecule has 0 saturated carbocycles. The summed E-state index contributed by atoms with van der Waals surface area (Å²) in [7, 11) is 1.66. The number of carbonyl (C=O) groups is 1. The van der Waals surface area contributed by atoms with E-state index in [0.29, 0.717) is 5.56 Å². The van der Waals surface area contributed by atoms with Gasteiger partial charge in [0.15, 0.2) is 4.80 Å². The molecule has 0 atom stereocenters. The summed E-state index contributed by atoms with van der Waals surface area (Å²) >= 11 is 4.98. The van der Waals surface area contributed by atoms with Crippen molar-refractivity contribution in [2.24, 2.45) is 4.99 Å². The van der Waals surface area contributed by atoms with Crippen molar-refractivity contribution in [3.05, 3.63) is 52.8 Å².